The summed E-state index contributed by atoms with van der Waals surface area (Å²) in [5.41, 5.74) is 0. The van der Waals surface area contributed by atoms with Gasteiger partial charge in [0, 0.05) is 0 Å². The van der Waals surface area contributed by atoms with E-state index in [0.717, 1.165) is 32.1 Å². The van der Waals surface area contributed by atoms with Crippen molar-refractivity contribution in [3.8, 4) is 0 Å². The average Bonchev–Trinajstić information content (AvgIpc) is 3.03. The monoisotopic (exact) mass is 703 g/mol. The van der Waals surface area contributed by atoms with Gasteiger partial charge in [-0.3, -0.25) is 5.32 Å². The molecule has 0 aromatic carbocycles. The predicted molar refractivity (Wildman–Crippen MR) is 158 cm³/mol. The van der Waals surface area contributed by atoms with Gasteiger partial charge in [0.15, 0.2) is 24.8 Å². The molecule has 15 atom stereocenters. The van der Waals surface area contributed by atoms with Crippen LogP contribution in [-0.4, -0.2) is 140 Å². The second kappa shape index (κ2) is 17.3. The fourth-order valence-corrected chi connectivity index (χ4v) is 7.48. The van der Waals surface area contributed by atoms with E-state index in [4.69, 9.17) is 23.7 Å². The first-order valence-corrected chi connectivity index (χ1v) is 17.0. The van der Waals surface area contributed by atoms with Crippen molar-refractivity contribution in [1.82, 2.24) is 5.32 Å². The first-order chi connectivity index (χ1) is 22.7. The molecule has 4 aliphatic rings. The topological polar surface area (TPSA) is 217 Å². The molecule has 0 bridgehead atoms. The third kappa shape index (κ3) is 9.55. The zero-order valence-electron chi connectivity index (χ0n) is 27.2. The van der Waals surface area contributed by atoms with Gasteiger partial charge in [-0.05, 0) is 38.0 Å². The molecular weight excluding hydrogens is 651 g/mol. The highest BCUT2D eigenvalue weighted by Crippen LogP contribution is 2.39. The van der Waals surface area contributed by atoms with E-state index in [1.165, 1.54) is 6.92 Å². The van der Waals surface area contributed by atoms with Gasteiger partial charge in [-0.25, -0.2) is 4.79 Å². The lowest BCUT2D eigenvalue weighted by atomic mass is 9.82. The molecule has 2 aliphatic carbocycles. The number of carboxylic acid groups (broad SMARTS) is 1. The zero-order chi connectivity index (χ0) is 35.3. The van der Waals surface area contributed by atoms with Crippen molar-refractivity contribution in [2.24, 2.45) is 11.8 Å². The van der Waals surface area contributed by atoms with E-state index in [1.54, 1.807) is 0 Å². The zero-order valence-corrected chi connectivity index (χ0v) is 27.2. The van der Waals surface area contributed by atoms with E-state index in [-0.39, 0.29) is 24.7 Å². The summed E-state index contributed by atoms with van der Waals surface area (Å²) in [4.78, 5) is 12.3. The Hall–Kier alpha value is -1.22. The highest BCUT2D eigenvalue weighted by atomic mass is 19.4. The summed E-state index contributed by atoms with van der Waals surface area (Å²) in [7, 11) is 0. The fourth-order valence-electron chi connectivity index (χ4n) is 7.48. The van der Waals surface area contributed by atoms with Crippen molar-refractivity contribution >= 4 is 5.97 Å². The van der Waals surface area contributed by atoms with Gasteiger partial charge >= 0.3 is 12.1 Å². The number of halogens is 3. The number of hydrogen-bond acceptors (Lipinski definition) is 13. The van der Waals surface area contributed by atoms with Gasteiger partial charge in [0.25, 0.3) is 0 Å². The number of hydrogen-bond donors (Lipinski definition) is 8. The molecule has 0 aromatic rings. The molecule has 4 fully saturated rings. The molecular formula is C31H52F3NO13. The van der Waals surface area contributed by atoms with E-state index in [2.05, 4.69) is 5.32 Å². The molecule has 9 unspecified atom stereocenters. The van der Waals surface area contributed by atoms with Crippen molar-refractivity contribution in [3.63, 3.8) is 0 Å². The number of rotatable bonds is 13. The van der Waals surface area contributed by atoms with Crippen LogP contribution < -0.4 is 5.32 Å². The second-order valence-corrected chi connectivity index (χ2v) is 13.6. The largest absolute Gasteiger partial charge is 0.479 e. The standard InChI is InChI=1S/C31H52F3NO13/c1-3-16-10-7-11-17(25(16)47-30-24(41)22(39)23(40)27(48-30)31(32,33)34)45-29-20(35-14(2)37)26(21(38)19(13-36)46-29)44-18(28(42)43)12-15-8-5-4-6-9-15/h14-27,29-30,35-41H,3-13H2,1-2H3,(H,42,43)/t14?,16?,17-,18+,19?,20?,21+,22?,23?,24+,25?,26?,27-,29-,30?/m1/s1. The molecule has 2 heterocycles. The van der Waals surface area contributed by atoms with Crippen LogP contribution in [0.25, 0.3) is 0 Å². The first kappa shape index (κ1) is 39.6. The van der Waals surface area contributed by atoms with Gasteiger partial charge in [0.1, 0.15) is 42.9 Å². The lowest BCUT2D eigenvalue weighted by molar-refractivity contribution is -0.372. The van der Waals surface area contributed by atoms with Crippen LogP contribution in [0.1, 0.15) is 78.1 Å². The lowest BCUT2D eigenvalue weighted by Gasteiger charge is -2.49. The Morgan fingerprint density at radius 2 is 1.58 bits per heavy atom. The molecule has 0 aromatic heterocycles. The van der Waals surface area contributed by atoms with Crippen LogP contribution in [0.5, 0.6) is 0 Å². The number of aliphatic carboxylic acids is 1. The fraction of sp³-hybridized carbons (Fsp3) is 0.968. The summed E-state index contributed by atoms with van der Waals surface area (Å²) < 4.78 is 70.2. The third-order valence-corrected chi connectivity index (χ3v) is 10.1. The van der Waals surface area contributed by atoms with Gasteiger partial charge in [0.2, 0.25) is 0 Å². The van der Waals surface area contributed by atoms with Crippen molar-refractivity contribution < 1.29 is 77.4 Å². The van der Waals surface area contributed by atoms with Crippen LogP contribution in [0.15, 0.2) is 0 Å². The Morgan fingerprint density at radius 3 is 2.17 bits per heavy atom. The van der Waals surface area contributed by atoms with Crippen LogP contribution in [0.2, 0.25) is 0 Å². The van der Waals surface area contributed by atoms with E-state index < -0.39 is 105 Å². The smallest absolute Gasteiger partial charge is 0.417 e. The number of ether oxygens (including phenoxy) is 5. The quantitative estimate of drug-likeness (QED) is 0.123. The number of nitrogens with one attached hydrogen (secondary N) is 1. The molecule has 4 rings (SSSR count). The lowest BCUT2D eigenvalue weighted by Crippen LogP contribution is -2.67. The molecule has 2 saturated carbocycles. The number of aliphatic hydroxyl groups is 6. The second-order valence-electron chi connectivity index (χ2n) is 13.6. The molecule has 14 nitrogen and oxygen atoms in total. The Bertz CT molecular complexity index is 1010. The molecule has 2 saturated heterocycles. The Morgan fingerprint density at radius 1 is 0.896 bits per heavy atom. The first-order valence-electron chi connectivity index (χ1n) is 17.0. The molecule has 280 valence electrons. The van der Waals surface area contributed by atoms with Crippen LogP contribution in [0.4, 0.5) is 13.2 Å². The Labute approximate surface area is 277 Å². The minimum Gasteiger partial charge on any atom is -0.479 e. The molecule has 2 aliphatic heterocycles. The van der Waals surface area contributed by atoms with Crippen LogP contribution in [-0.2, 0) is 28.5 Å². The molecule has 48 heavy (non-hydrogen) atoms. The van der Waals surface area contributed by atoms with Crippen LogP contribution in [0.3, 0.4) is 0 Å². The SMILES string of the molecule is CCC1CCC[C@@H](O[C@@H]2OC(CO)[C@H](O)C(O[C@@H](CC3CCCCC3)C(=O)O)C2NC(C)O)C1OC1O[C@@H](C(F)(F)F)C(O)C(O)[C@@H]1O. The van der Waals surface area contributed by atoms with Crippen molar-refractivity contribution in [2.75, 3.05) is 6.61 Å². The van der Waals surface area contributed by atoms with Gasteiger partial charge in [-0.15, -0.1) is 0 Å². The van der Waals surface area contributed by atoms with Crippen LogP contribution in [0, 0.1) is 11.8 Å². The number of carbonyl (C=O) groups is 1. The number of aliphatic hydroxyl groups excluding tert-OH is 6. The highest BCUT2D eigenvalue weighted by Gasteiger charge is 2.57. The summed E-state index contributed by atoms with van der Waals surface area (Å²) in [5, 5.41) is 75.3. The average molecular weight is 704 g/mol. The summed E-state index contributed by atoms with van der Waals surface area (Å²) >= 11 is 0. The Balaban J connectivity index is 1.59. The molecule has 0 radical (unpaired) electrons. The van der Waals surface area contributed by atoms with Gasteiger partial charge in [0.05, 0.1) is 24.9 Å². The van der Waals surface area contributed by atoms with E-state index >= 15 is 0 Å². The summed E-state index contributed by atoms with van der Waals surface area (Å²) in [6.07, 6.45) is -19.9. The van der Waals surface area contributed by atoms with Gasteiger partial charge in [-0.1, -0.05) is 51.9 Å². The van der Waals surface area contributed by atoms with Crippen molar-refractivity contribution in [1.29, 1.82) is 0 Å². The van der Waals surface area contributed by atoms with Gasteiger partial charge < -0.3 is 59.4 Å². The Kier molecular flexibility index (Phi) is 14.3. The molecule has 17 heteroatoms. The van der Waals surface area contributed by atoms with Crippen LogP contribution >= 0.6 is 0 Å². The van der Waals surface area contributed by atoms with Crippen molar-refractivity contribution in [2.45, 2.75) is 170 Å². The normalized spacial score (nSPS) is 41.5. The van der Waals surface area contributed by atoms with Gasteiger partial charge in [-0.2, -0.15) is 13.2 Å². The molecule has 0 amide bonds. The van der Waals surface area contributed by atoms with E-state index in [9.17, 15) is 53.7 Å². The summed E-state index contributed by atoms with van der Waals surface area (Å²) in [6, 6.07) is -1.19. The molecule has 8 N–H and O–H groups in total. The maximum atomic E-state index is 13.6. The number of carboxylic acids is 1. The molecule has 0 spiro atoms. The minimum absolute atomic E-state index is 0.0979. The maximum absolute atomic E-state index is 13.6. The summed E-state index contributed by atoms with van der Waals surface area (Å²) in [6.45, 7) is 2.51. The van der Waals surface area contributed by atoms with E-state index in [0.29, 0.717) is 19.3 Å². The summed E-state index contributed by atoms with van der Waals surface area (Å²) in [5.74, 6) is -1.46. The van der Waals surface area contributed by atoms with Crippen molar-refractivity contribution in [3.05, 3.63) is 0 Å². The third-order valence-electron chi connectivity index (χ3n) is 10.1. The predicted octanol–water partition coefficient (Wildman–Crippen LogP) is 0.520. The highest BCUT2D eigenvalue weighted by molar-refractivity contribution is 5.72. The van der Waals surface area contributed by atoms with E-state index in [1.807, 2.05) is 6.92 Å². The number of alkyl halides is 3. The minimum atomic E-state index is -5.08. The maximum Gasteiger partial charge on any atom is 0.417 e.